The molecule has 0 radical (unpaired) electrons. The van der Waals surface area contributed by atoms with Crippen LogP contribution in [0.4, 0.5) is 5.82 Å². The first kappa shape index (κ1) is 21.4. The van der Waals surface area contributed by atoms with E-state index in [0.717, 1.165) is 23.6 Å². The largest absolute Gasteiger partial charge is 0.394 e. The maximum absolute atomic E-state index is 9.18. The number of rotatable bonds is 7. The Morgan fingerprint density at radius 2 is 2.14 bits per heavy atom. The van der Waals surface area contributed by atoms with E-state index in [4.69, 9.17) is 25.8 Å². The Morgan fingerprint density at radius 3 is 2.86 bits per heavy atom. The molecule has 1 aromatic rings. The van der Waals surface area contributed by atoms with Crippen LogP contribution in [0.1, 0.15) is 52.3 Å². The molecule has 4 rings (SSSR count). The van der Waals surface area contributed by atoms with Crippen LogP contribution in [0.3, 0.4) is 0 Å². The molecule has 162 valence electrons. The summed E-state index contributed by atoms with van der Waals surface area (Å²) in [6.07, 6.45) is 1.14. The first-order valence-electron chi connectivity index (χ1n) is 10.1. The van der Waals surface area contributed by atoms with E-state index in [0.29, 0.717) is 17.1 Å². The number of thioether (sulfide) groups is 1. The lowest BCUT2D eigenvalue weighted by atomic mass is 10.1. The van der Waals surface area contributed by atoms with Crippen LogP contribution in [0.2, 0.25) is 0 Å². The van der Waals surface area contributed by atoms with Crippen molar-refractivity contribution >= 4 is 34.2 Å². The number of hydrogen-bond acceptors (Lipinski definition) is 8. The Kier molecular flexibility index (Phi) is 6.17. The summed E-state index contributed by atoms with van der Waals surface area (Å²) in [6, 6.07) is -0.103. The van der Waals surface area contributed by atoms with Gasteiger partial charge in [0.05, 0.1) is 35.8 Å². The lowest BCUT2D eigenvalue weighted by molar-refractivity contribution is -0.171. The number of nitrogens with zero attached hydrogens (tertiary/aromatic N) is 3. The molecule has 2 aliphatic heterocycles. The summed E-state index contributed by atoms with van der Waals surface area (Å²) in [5.41, 5.74) is 1.74. The molecule has 29 heavy (non-hydrogen) atoms. The number of halogens is 1. The van der Waals surface area contributed by atoms with E-state index in [1.807, 2.05) is 37.2 Å². The number of hydrogen-bond donors (Lipinski definition) is 2. The van der Waals surface area contributed by atoms with Crippen LogP contribution in [-0.2, 0) is 14.2 Å². The summed E-state index contributed by atoms with van der Waals surface area (Å²) in [5.74, 6) is 1.15. The third kappa shape index (κ3) is 3.93. The standard InChI is InChI=1S/C19H29ClN4O4S/c1-5-8-29-18-10(2)13(20)14-17(21-18)24(23-22-14)11-9-12(26-7-6-25)16-15(11)27-19(3,4)28-16/h11-12,15-16,18,21,25H,5-9H2,1-4H3. The second-order valence-corrected chi connectivity index (χ2v) is 9.72. The molecule has 5 unspecified atom stereocenters. The van der Waals surface area contributed by atoms with Crippen LogP contribution in [0, 0.1) is 0 Å². The van der Waals surface area contributed by atoms with Crippen molar-refractivity contribution in [3.8, 4) is 0 Å². The number of aromatic nitrogens is 3. The zero-order valence-electron chi connectivity index (χ0n) is 17.2. The van der Waals surface area contributed by atoms with Gasteiger partial charge in [0.1, 0.15) is 17.9 Å². The molecule has 1 aromatic heterocycles. The predicted octanol–water partition coefficient (Wildman–Crippen LogP) is 2.99. The summed E-state index contributed by atoms with van der Waals surface area (Å²) >= 11 is 8.47. The van der Waals surface area contributed by atoms with E-state index >= 15 is 0 Å². The fourth-order valence-corrected chi connectivity index (χ4v) is 5.59. The smallest absolute Gasteiger partial charge is 0.164 e. The van der Waals surface area contributed by atoms with Gasteiger partial charge in [-0.25, -0.2) is 4.68 Å². The van der Waals surface area contributed by atoms with Crippen LogP contribution >= 0.6 is 23.4 Å². The van der Waals surface area contributed by atoms with Crippen molar-refractivity contribution in [2.45, 2.75) is 76.1 Å². The van der Waals surface area contributed by atoms with Crippen LogP contribution in [0.25, 0.3) is 5.03 Å². The first-order valence-corrected chi connectivity index (χ1v) is 11.6. The number of ether oxygens (including phenoxy) is 3. The van der Waals surface area contributed by atoms with Crippen molar-refractivity contribution in [3.05, 3.63) is 11.3 Å². The van der Waals surface area contributed by atoms with Gasteiger partial charge in [-0.2, -0.15) is 0 Å². The van der Waals surface area contributed by atoms with Gasteiger partial charge in [-0.15, -0.1) is 16.9 Å². The molecule has 2 fully saturated rings. The molecule has 1 saturated carbocycles. The number of nitrogens with one attached hydrogen (secondary N) is 1. The van der Waals surface area contributed by atoms with Crippen LogP contribution in [0.15, 0.2) is 5.57 Å². The number of anilines is 1. The molecular formula is C19H29ClN4O4S. The maximum atomic E-state index is 9.18. The monoisotopic (exact) mass is 444 g/mol. The second-order valence-electron chi connectivity index (χ2n) is 8.12. The molecule has 0 amide bonds. The molecule has 3 aliphatic rings. The predicted molar refractivity (Wildman–Crippen MR) is 113 cm³/mol. The molecule has 1 aliphatic carbocycles. The molecule has 0 bridgehead atoms. The average Bonchev–Trinajstić information content (AvgIpc) is 3.32. The van der Waals surface area contributed by atoms with Crippen LogP contribution in [-0.4, -0.2) is 68.5 Å². The Morgan fingerprint density at radius 1 is 1.38 bits per heavy atom. The topological polar surface area (TPSA) is 90.7 Å². The summed E-state index contributed by atoms with van der Waals surface area (Å²) in [5, 5.41) is 22.3. The molecule has 1 saturated heterocycles. The van der Waals surface area contributed by atoms with E-state index in [9.17, 15) is 5.11 Å². The van der Waals surface area contributed by atoms with E-state index in [-0.39, 0.29) is 42.9 Å². The van der Waals surface area contributed by atoms with Crippen molar-refractivity contribution in [2.24, 2.45) is 0 Å². The molecule has 2 N–H and O–H groups in total. The van der Waals surface area contributed by atoms with Crippen molar-refractivity contribution in [3.63, 3.8) is 0 Å². The average molecular weight is 445 g/mol. The van der Waals surface area contributed by atoms with E-state index in [1.54, 1.807) is 0 Å². The SMILES string of the molecule is CCCSC1Nc2c(nnn2C2CC(OCCO)C3OC(C)(C)OC32)C(Cl)=C1C. The first-order chi connectivity index (χ1) is 13.9. The highest BCUT2D eigenvalue weighted by atomic mass is 35.5. The van der Waals surface area contributed by atoms with E-state index in [1.165, 1.54) is 0 Å². The minimum absolute atomic E-state index is 0.0287. The van der Waals surface area contributed by atoms with Crippen LogP contribution in [0.5, 0.6) is 0 Å². The highest BCUT2D eigenvalue weighted by molar-refractivity contribution is 8.00. The van der Waals surface area contributed by atoms with Gasteiger partial charge < -0.3 is 24.6 Å². The third-order valence-corrected chi connectivity index (χ3v) is 7.44. The summed E-state index contributed by atoms with van der Waals surface area (Å²) < 4.78 is 20.1. The van der Waals surface area contributed by atoms with Gasteiger partial charge >= 0.3 is 0 Å². The van der Waals surface area contributed by atoms with Gasteiger partial charge in [0.25, 0.3) is 0 Å². The van der Waals surface area contributed by atoms with Gasteiger partial charge in [-0.1, -0.05) is 23.7 Å². The van der Waals surface area contributed by atoms with Gasteiger partial charge in [-0.05, 0) is 38.5 Å². The molecule has 10 heteroatoms. The van der Waals surface area contributed by atoms with E-state index in [2.05, 4.69) is 22.6 Å². The zero-order valence-corrected chi connectivity index (χ0v) is 18.8. The fourth-order valence-electron chi connectivity index (χ4n) is 4.26. The minimum atomic E-state index is -0.698. The number of aliphatic hydroxyl groups is 1. The Labute approximate surface area is 180 Å². The quantitative estimate of drug-likeness (QED) is 0.663. The number of aliphatic hydroxyl groups excluding tert-OH is 1. The zero-order chi connectivity index (χ0) is 20.8. The van der Waals surface area contributed by atoms with Crippen molar-refractivity contribution in [2.75, 3.05) is 24.3 Å². The highest BCUT2D eigenvalue weighted by Crippen LogP contribution is 2.47. The summed E-state index contributed by atoms with van der Waals surface area (Å²) in [7, 11) is 0. The van der Waals surface area contributed by atoms with Crippen LogP contribution < -0.4 is 5.32 Å². The molecular weight excluding hydrogens is 416 g/mol. The van der Waals surface area contributed by atoms with Gasteiger partial charge in [-0.3, -0.25) is 0 Å². The minimum Gasteiger partial charge on any atom is -0.394 e. The van der Waals surface area contributed by atoms with Gasteiger partial charge in [0.15, 0.2) is 11.6 Å². The highest BCUT2D eigenvalue weighted by Gasteiger charge is 2.56. The Balaban J connectivity index is 1.64. The van der Waals surface area contributed by atoms with Crippen molar-refractivity contribution in [1.29, 1.82) is 0 Å². The van der Waals surface area contributed by atoms with Crippen molar-refractivity contribution < 1.29 is 19.3 Å². The maximum Gasteiger partial charge on any atom is 0.164 e. The van der Waals surface area contributed by atoms with Crippen molar-refractivity contribution in [1.82, 2.24) is 15.0 Å². The Bertz CT molecular complexity index is 786. The Hall–Kier alpha value is -0.840. The summed E-state index contributed by atoms with van der Waals surface area (Å²) in [4.78, 5) is 0. The molecule has 8 nitrogen and oxygen atoms in total. The molecule has 0 aromatic carbocycles. The number of fused-ring (bicyclic) bond motifs is 2. The summed E-state index contributed by atoms with van der Waals surface area (Å²) in [6.45, 7) is 8.24. The van der Waals surface area contributed by atoms with Gasteiger partial charge in [0, 0.05) is 6.42 Å². The lowest BCUT2D eigenvalue weighted by Gasteiger charge is -2.28. The third-order valence-electron chi connectivity index (χ3n) is 5.52. The second kappa shape index (κ2) is 8.36. The van der Waals surface area contributed by atoms with E-state index < -0.39 is 5.79 Å². The lowest BCUT2D eigenvalue weighted by Crippen LogP contribution is -2.32. The molecule has 3 heterocycles. The van der Waals surface area contributed by atoms with Gasteiger partial charge in [0.2, 0.25) is 0 Å². The normalized spacial score (nSPS) is 33.0. The fraction of sp³-hybridized carbons (Fsp3) is 0.789. The molecule has 5 atom stereocenters. The molecule has 0 spiro atoms.